The van der Waals surface area contributed by atoms with Crippen LogP contribution in [0.25, 0.3) is 0 Å². The van der Waals surface area contributed by atoms with Gasteiger partial charge in [0.1, 0.15) is 5.84 Å². The zero-order valence-corrected chi connectivity index (χ0v) is 11.2. The van der Waals surface area contributed by atoms with Crippen molar-refractivity contribution in [3.63, 3.8) is 0 Å². The number of hydrogen-bond acceptors (Lipinski definition) is 2. The molecule has 3 heteroatoms. The van der Waals surface area contributed by atoms with E-state index in [0.717, 1.165) is 29.8 Å². The predicted molar refractivity (Wildman–Crippen MR) is 75.0 cm³/mol. The lowest BCUT2D eigenvalue weighted by molar-refractivity contribution is 0.629. The van der Waals surface area contributed by atoms with Crippen LogP contribution in [-0.2, 0) is 0 Å². The number of amidine groups is 1. The molecule has 0 bridgehead atoms. The molecule has 0 saturated carbocycles. The summed E-state index contributed by atoms with van der Waals surface area (Å²) < 4.78 is 0. The van der Waals surface area contributed by atoms with Gasteiger partial charge >= 0.3 is 0 Å². The van der Waals surface area contributed by atoms with Gasteiger partial charge in [0.15, 0.2) is 0 Å². The van der Waals surface area contributed by atoms with E-state index < -0.39 is 0 Å². The quantitative estimate of drug-likeness (QED) is 0.607. The molecule has 0 spiro atoms. The Morgan fingerprint density at radius 2 is 2.06 bits per heavy atom. The molecule has 0 amide bonds. The first kappa shape index (κ1) is 13.6. The number of anilines is 1. The third-order valence-corrected chi connectivity index (χ3v) is 3.22. The average molecular weight is 233 g/mol. The molecule has 0 saturated heterocycles. The maximum absolute atomic E-state index is 7.69. The maximum Gasteiger partial charge on any atom is 0.124 e. The molecule has 17 heavy (non-hydrogen) atoms. The van der Waals surface area contributed by atoms with Crippen LogP contribution in [0, 0.1) is 12.3 Å². The summed E-state index contributed by atoms with van der Waals surface area (Å²) in [5, 5.41) is 7.69. The Labute approximate surface area is 104 Å². The molecule has 1 unspecified atom stereocenters. The van der Waals surface area contributed by atoms with Crippen LogP contribution in [0.3, 0.4) is 0 Å². The van der Waals surface area contributed by atoms with E-state index in [2.05, 4.69) is 37.8 Å². The van der Waals surface area contributed by atoms with Gasteiger partial charge in [0.2, 0.25) is 0 Å². The molecule has 3 N–H and O–H groups in total. The highest BCUT2D eigenvalue weighted by Crippen LogP contribution is 2.24. The molecule has 0 aliphatic heterocycles. The smallest absolute Gasteiger partial charge is 0.124 e. The van der Waals surface area contributed by atoms with Gasteiger partial charge in [-0.05, 0) is 39.3 Å². The van der Waals surface area contributed by atoms with Crippen molar-refractivity contribution in [2.75, 3.05) is 11.4 Å². The third-order valence-electron chi connectivity index (χ3n) is 3.22. The SMILES string of the molecule is CCC(C)N(CC)c1ccc(C)cc1C(=N)N. The lowest BCUT2D eigenvalue weighted by atomic mass is 10.1. The molecule has 1 atom stereocenters. The zero-order valence-electron chi connectivity index (χ0n) is 11.2. The number of aryl methyl sites for hydroxylation is 1. The van der Waals surface area contributed by atoms with Crippen molar-refractivity contribution in [1.29, 1.82) is 5.41 Å². The Kier molecular flexibility index (Phi) is 4.55. The summed E-state index contributed by atoms with van der Waals surface area (Å²) >= 11 is 0. The van der Waals surface area contributed by atoms with Gasteiger partial charge in [-0.25, -0.2) is 0 Å². The van der Waals surface area contributed by atoms with Crippen molar-refractivity contribution in [1.82, 2.24) is 0 Å². The average Bonchev–Trinajstić information content (AvgIpc) is 2.31. The summed E-state index contributed by atoms with van der Waals surface area (Å²) in [4.78, 5) is 2.30. The van der Waals surface area contributed by atoms with Crippen LogP contribution in [0.5, 0.6) is 0 Å². The van der Waals surface area contributed by atoms with Gasteiger partial charge < -0.3 is 10.6 Å². The van der Waals surface area contributed by atoms with Gasteiger partial charge in [-0.2, -0.15) is 0 Å². The minimum Gasteiger partial charge on any atom is -0.384 e. The van der Waals surface area contributed by atoms with E-state index in [-0.39, 0.29) is 5.84 Å². The molecule has 0 aliphatic rings. The van der Waals surface area contributed by atoms with Gasteiger partial charge in [0.05, 0.1) is 0 Å². The predicted octanol–water partition coefficient (Wildman–Crippen LogP) is 2.90. The third kappa shape index (κ3) is 2.99. The molecule has 0 aliphatic carbocycles. The Morgan fingerprint density at radius 1 is 1.41 bits per heavy atom. The topological polar surface area (TPSA) is 53.1 Å². The van der Waals surface area contributed by atoms with E-state index in [4.69, 9.17) is 11.1 Å². The summed E-state index contributed by atoms with van der Waals surface area (Å²) in [6, 6.07) is 6.60. The minimum absolute atomic E-state index is 0.144. The molecule has 0 aromatic heterocycles. The second-order valence-corrected chi connectivity index (χ2v) is 4.48. The number of benzene rings is 1. The van der Waals surface area contributed by atoms with Gasteiger partial charge in [0.25, 0.3) is 0 Å². The zero-order chi connectivity index (χ0) is 13.0. The second kappa shape index (κ2) is 5.71. The first-order chi connectivity index (χ1) is 8.01. The van der Waals surface area contributed by atoms with Crippen LogP contribution in [0.4, 0.5) is 5.69 Å². The number of nitrogens with one attached hydrogen (secondary N) is 1. The lowest BCUT2D eigenvalue weighted by Crippen LogP contribution is -2.34. The van der Waals surface area contributed by atoms with Gasteiger partial charge in [-0.3, -0.25) is 5.41 Å². The molecule has 1 aromatic carbocycles. The highest BCUT2D eigenvalue weighted by atomic mass is 15.2. The minimum atomic E-state index is 0.144. The molecule has 0 heterocycles. The Hall–Kier alpha value is -1.51. The van der Waals surface area contributed by atoms with E-state index in [1.54, 1.807) is 0 Å². The standard InChI is InChI=1S/C14H23N3/c1-5-11(4)17(6-2)13-8-7-10(3)9-12(13)14(15)16/h7-9,11H,5-6H2,1-4H3,(H3,15,16). The fourth-order valence-electron chi connectivity index (χ4n) is 2.06. The first-order valence-corrected chi connectivity index (χ1v) is 6.22. The van der Waals surface area contributed by atoms with Crippen LogP contribution in [0.2, 0.25) is 0 Å². The first-order valence-electron chi connectivity index (χ1n) is 6.22. The molecule has 0 radical (unpaired) electrons. The van der Waals surface area contributed by atoms with E-state index in [1.807, 2.05) is 13.0 Å². The van der Waals surface area contributed by atoms with Crippen LogP contribution in [-0.4, -0.2) is 18.4 Å². The molecule has 1 aromatic rings. The number of rotatable bonds is 5. The molecule has 0 fully saturated rings. The number of nitrogens with two attached hydrogens (primary N) is 1. The lowest BCUT2D eigenvalue weighted by Gasteiger charge is -2.31. The number of nitrogens with zero attached hydrogens (tertiary/aromatic N) is 1. The summed E-state index contributed by atoms with van der Waals surface area (Å²) in [6.07, 6.45) is 1.08. The Morgan fingerprint density at radius 3 is 2.53 bits per heavy atom. The monoisotopic (exact) mass is 233 g/mol. The molecule has 1 rings (SSSR count). The highest BCUT2D eigenvalue weighted by Gasteiger charge is 2.15. The number of nitrogen functional groups attached to an aromatic ring is 1. The van der Waals surface area contributed by atoms with E-state index >= 15 is 0 Å². The summed E-state index contributed by atoms with van der Waals surface area (Å²) in [7, 11) is 0. The Bertz CT molecular complexity index is 398. The summed E-state index contributed by atoms with van der Waals surface area (Å²) in [5.74, 6) is 0.144. The van der Waals surface area contributed by atoms with Crippen molar-refractivity contribution in [2.24, 2.45) is 5.73 Å². The van der Waals surface area contributed by atoms with Crippen molar-refractivity contribution >= 4 is 11.5 Å². The second-order valence-electron chi connectivity index (χ2n) is 4.48. The summed E-state index contributed by atoms with van der Waals surface area (Å²) in [6.45, 7) is 9.46. The normalized spacial score (nSPS) is 12.2. The van der Waals surface area contributed by atoms with Gasteiger partial charge in [0, 0.05) is 23.8 Å². The maximum atomic E-state index is 7.69. The van der Waals surface area contributed by atoms with E-state index in [1.165, 1.54) is 0 Å². The number of hydrogen-bond donors (Lipinski definition) is 2. The van der Waals surface area contributed by atoms with Crippen molar-refractivity contribution in [2.45, 2.75) is 40.2 Å². The van der Waals surface area contributed by atoms with Crippen LogP contribution in [0.1, 0.15) is 38.3 Å². The largest absolute Gasteiger partial charge is 0.384 e. The van der Waals surface area contributed by atoms with Crippen LogP contribution >= 0.6 is 0 Å². The van der Waals surface area contributed by atoms with E-state index in [9.17, 15) is 0 Å². The van der Waals surface area contributed by atoms with Crippen LogP contribution in [0.15, 0.2) is 18.2 Å². The molecular weight excluding hydrogens is 210 g/mol. The molecular formula is C14H23N3. The van der Waals surface area contributed by atoms with Crippen molar-refractivity contribution in [3.8, 4) is 0 Å². The van der Waals surface area contributed by atoms with Crippen molar-refractivity contribution < 1.29 is 0 Å². The van der Waals surface area contributed by atoms with Crippen LogP contribution < -0.4 is 10.6 Å². The summed E-state index contributed by atoms with van der Waals surface area (Å²) in [5.41, 5.74) is 8.72. The highest BCUT2D eigenvalue weighted by molar-refractivity contribution is 6.00. The van der Waals surface area contributed by atoms with Crippen molar-refractivity contribution in [3.05, 3.63) is 29.3 Å². The van der Waals surface area contributed by atoms with E-state index in [0.29, 0.717) is 6.04 Å². The van der Waals surface area contributed by atoms with Gasteiger partial charge in [-0.1, -0.05) is 18.6 Å². The molecule has 3 nitrogen and oxygen atoms in total. The fraction of sp³-hybridized carbons (Fsp3) is 0.500. The molecule has 94 valence electrons. The van der Waals surface area contributed by atoms with Gasteiger partial charge in [-0.15, -0.1) is 0 Å². The Balaban J connectivity index is 3.23. The fourth-order valence-corrected chi connectivity index (χ4v) is 2.06.